The molecule has 0 aliphatic carbocycles. The van der Waals surface area contributed by atoms with E-state index in [4.69, 9.17) is 0 Å². The maximum Gasteiger partial charge on any atom is 0.0210 e. The quantitative estimate of drug-likeness (QED) is 0.544. The lowest BCUT2D eigenvalue weighted by molar-refractivity contribution is 0.606. The number of rotatable bonds is 7. The molecule has 0 aliphatic rings. The average Bonchev–Trinajstić information content (AvgIpc) is 2.32. The zero-order valence-electron chi connectivity index (χ0n) is 11.5. The van der Waals surface area contributed by atoms with Gasteiger partial charge >= 0.3 is 0 Å². The van der Waals surface area contributed by atoms with E-state index >= 15 is 0 Å². The van der Waals surface area contributed by atoms with Crippen LogP contribution in [0.15, 0.2) is 16.6 Å². The lowest BCUT2D eigenvalue weighted by Crippen LogP contribution is -1.94. The van der Waals surface area contributed by atoms with Crippen LogP contribution < -0.4 is 0 Å². The van der Waals surface area contributed by atoms with Crippen LogP contribution in [0.4, 0.5) is 0 Å². The molecule has 1 rings (SSSR count). The summed E-state index contributed by atoms with van der Waals surface area (Å²) < 4.78 is 1.29. The van der Waals surface area contributed by atoms with Gasteiger partial charge in [0, 0.05) is 4.47 Å². The van der Waals surface area contributed by atoms with Crippen molar-refractivity contribution in [2.75, 3.05) is 0 Å². The summed E-state index contributed by atoms with van der Waals surface area (Å²) in [4.78, 5) is 0. The Hall–Kier alpha value is -0.300. The summed E-state index contributed by atoms with van der Waals surface area (Å²) in [7, 11) is 0. The number of unbranched alkanes of at least 4 members (excludes halogenated alkanes) is 5. The average molecular weight is 297 g/mol. The standard InChI is InChI=1S/C16H25Br/c1-4-5-6-7-8-9-10-15-14(3)13(2)11-12-16(15)17/h11-12H,4-10H2,1-3H3. The van der Waals surface area contributed by atoms with Crippen LogP contribution in [0.5, 0.6) is 0 Å². The molecule has 0 saturated heterocycles. The molecule has 0 aromatic heterocycles. The third-order valence-electron chi connectivity index (χ3n) is 3.59. The molecule has 0 aliphatic heterocycles. The monoisotopic (exact) mass is 296 g/mol. The van der Waals surface area contributed by atoms with E-state index in [9.17, 15) is 0 Å². The third kappa shape index (κ3) is 4.83. The molecule has 0 bridgehead atoms. The van der Waals surface area contributed by atoms with Crippen molar-refractivity contribution < 1.29 is 0 Å². The van der Waals surface area contributed by atoms with Gasteiger partial charge in [0.05, 0.1) is 0 Å². The zero-order valence-corrected chi connectivity index (χ0v) is 13.1. The van der Waals surface area contributed by atoms with Crippen molar-refractivity contribution in [3.8, 4) is 0 Å². The van der Waals surface area contributed by atoms with Gasteiger partial charge in [0.1, 0.15) is 0 Å². The van der Waals surface area contributed by atoms with Gasteiger partial charge in [-0.15, -0.1) is 0 Å². The summed E-state index contributed by atoms with van der Waals surface area (Å²) >= 11 is 3.68. The Morgan fingerprint density at radius 3 is 2.29 bits per heavy atom. The zero-order chi connectivity index (χ0) is 12.7. The van der Waals surface area contributed by atoms with Crippen LogP contribution in [0, 0.1) is 13.8 Å². The van der Waals surface area contributed by atoms with Gasteiger partial charge < -0.3 is 0 Å². The van der Waals surface area contributed by atoms with Gasteiger partial charge in [-0.2, -0.15) is 0 Å². The molecule has 17 heavy (non-hydrogen) atoms. The van der Waals surface area contributed by atoms with Crippen molar-refractivity contribution in [3.63, 3.8) is 0 Å². The Labute approximate surface area is 115 Å². The van der Waals surface area contributed by atoms with Gasteiger partial charge in [0.15, 0.2) is 0 Å². The summed E-state index contributed by atoms with van der Waals surface area (Å²) in [6.07, 6.45) is 9.46. The van der Waals surface area contributed by atoms with Crippen molar-refractivity contribution in [2.45, 2.75) is 65.7 Å². The smallest absolute Gasteiger partial charge is 0.0210 e. The second kappa shape index (κ2) is 7.92. The predicted molar refractivity (Wildman–Crippen MR) is 80.7 cm³/mol. The van der Waals surface area contributed by atoms with Crippen molar-refractivity contribution >= 4 is 15.9 Å². The largest absolute Gasteiger partial charge is 0.0654 e. The highest BCUT2D eigenvalue weighted by Gasteiger charge is 2.05. The lowest BCUT2D eigenvalue weighted by Gasteiger charge is -2.11. The van der Waals surface area contributed by atoms with Gasteiger partial charge in [-0.25, -0.2) is 0 Å². The van der Waals surface area contributed by atoms with E-state index in [1.54, 1.807) is 0 Å². The summed E-state index contributed by atoms with van der Waals surface area (Å²) in [6.45, 7) is 6.71. The Bertz CT molecular complexity index is 342. The van der Waals surface area contributed by atoms with Crippen LogP contribution in [0.3, 0.4) is 0 Å². The summed E-state index contributed by atoms with van der Waals surface area (Å²) in [5, 5.41) is 0. The molecule has 0 spiro atoms. The first-order chi connectivity index (χ1) is 8.16. The molecule has 1 heteroatoms. The van der Waals surface area contributed by atoms with E-state index in [1.165, 1.54) is 66.1 Å². The van der Waals surface area contributed by atoms with Gasteiger partial charge in [-0.05, 0) is 49.4 Å². The van der Waals surface area contributed by atoms with Gasteiger partial charge in [-0.3, -0.25) is 0 Å². The molecule has 0 unspecified atom stereocenters. The minimum atomic E-state index is 1.22. The number of hydrogen-bond donors (Lipinski definition) is 0. The minimum Gasteiger partial charge on any atom is -0.0654 e. The normalized spacial score (nSPS) is 10.8. The van der Waals surface area contributed by atoms with Gasteiger partial charge in [-0.1, -0.05) is 61.0 Å². The molecule has 1 aromatic carbocycles. The number of aryl methyl sites for hydroxylation is 1. The van der Waals surface area contributed by atoms with Crippen LogP contribution in [-0.2, 0) is 6.42 Å². The highest BCUT2D eigenvalue weighted by Crippen LogP contribution is 2.25. The molecule has 0 saturated carbocycles. The molecule has 0 nitrogen and oxygen atoms in total. The molecule has 0 radical (unpaired) electrons. The van der Waals surface area contributed by atoms with E-state index in [0.717, 1.165) is 0 Å². The minimum absolute atomic E-state index is 1.22. The van der Waals surface area contributed by atoms with Crippen LogP contribution >= 0.6 is 15.9 Å². The van der Waals surface area contributed by atoms with Gasteiger partial charge in [0.2, 0.25) is 0 Å². The summed E-state index contributed by atoms with van der Waals surface area (Å²) in [5.74, 6) is 0. The van der Waals surface area contributed by atoms with Crippen LogP contribution in [0.1, 0.15) is 62.1 Å². The third-order valence-corrected chi connectivity index (χ3v) is 4.34. The van der Waals surface area contributed by atoms with E-state index in [2.05, 4.69) is 48.8 Å². The van der Waals surface area contributed by atoms with Crippen molar-refractivity contribution in [1.29, 1.82) is 0 Å². The first-order valence-electron chi connectivity index (χ1n) is 6.91. The molecule has 96 valence electrons. The summed E-state index contributed by atoms with van der Waals surface area (Å²) in [6, 6.07) is 4.39. The van der Waals surface area contributed by atoms with Crippen molar-refractivity contribution in [1.82, 2.24) is 0 Å². The fraction of sp³-hybridized carbons (Fsp3) is 0.625. The Morgan fingerprint density at radius 1 is 0.941 bits per heavy atom. The lowest BCUT2D eigenvalue weighted by atomic mass is 9.98. The van der Waals surface area contributed by atoms with Gasteiger partial charge in [0.25, 0.3) is 0 Å². The molecule has 1 aromatic rings. The van der Waals surface area contributed by atoms with E-state index in [-0.39, 0.29) is 0 Å². The topological polar surface area (TPSA) is 0 Å². The van der Waals surface area contributed by atoms with Crippen molar-refractivity contribution in [2.24, 2.45) is 0 Å². The van der Waals surface area contributed by atoms with Crippen LogP contribution in [-0.4, -0.2) is 0 Å². The van der Waals surface area contributed by atoms with Crippen LogP contribution in [0.25, 0.3) is 0 Å². The Balaban J connectivity index is 2.39. The predicted octanol–water partition coefficient (Wildman–Crippen LogP) is 5.97. The molecule has 0 heterocycles. The molecular weight excluding hydrogens is 272 g/mol. The molecule has 0 amide bonds. The van der Waals surface area contributed by atoms with Crippen molar-refractivity contribution in [3.05, 3.63) is 33.3 Å². The molecule has 0 fully saturated rings. The second-order valence-corrected chi connectivity index (χ2v) is 5.84. The number of benzene rings is 1. The second-order valence-electron chi connectivity index (χ2n) is 4.99. The maximum atomic E-state index is 3.68. The molecule has 0 atom stereocenters. The highest BCUT2D eigenvalue weighted by atomic mass is 79.9. The number of halogens is 1. The summed E-state index contributed by atoms with van der Waals surface area (Å²) in [5.41, 5.74) is 4.39. The SMILES string of the molecule is CCCCCCCCc1c(Br)ccc(C)c1C. The molecular formula is C16H25Br. The fourth-order valence-electron chi connectivity index (χ4n) is 2.23. The number of hydrogen-bond acceptors (Lipinski definition) is 0. The Kier molecular flexibility index (Phi) is 6.87. The van der Waals surface area contributed by atoms with E-state index in [0.29, 0.717) is 0 Å². The van der Waals surface area contributed by atoms with E-state index in [1.807, 2.05) is 0 Å². The Morgan fingerprint density at radius 2 is 1.59 bits per heavy atom. The maximum absolute atomic E-state index is 3.68. The molecule has 0 N–H and O–H groups in total. The van der Waals surface area contributed by atoms with E-state index < -0.39 is 0 Å². The first kappa shape index (κ1) is 14.8. The van der Waals surface area contributed by atoms with Crippen LogP contribution in [0.2, 0.25) is 0 Å². The first-order valence-corrected chi connectivity index (χ1v) is 7.70. The fourth-order valence-corrected chi connectivity index (χ4v) is 2.86. The highest BCUT2D eigenvalue weighted by molar-refractivity contribution is 9.10.